The maximum atomic E-state index is 13.2. The number of aromatic nitrogens is 7. The molecule has 24 nitrogen and oxygen atoms in total. The molecule has 5 amide bonds. The summed E-state index contributed by atoms with van der Waals surface area (Å²) in [6.45, 7) is 39.8. The second-order valence-corrected chi connectivity index (χ2v) is 38.4. The summed E-state index contributed by atoms with van der Waals surface area (Å²) >= 11 is 5.50. The molecule has 137 heavy (non-hydrogen) atoms. The molecule has 5 aliphatic rings. The molecule has 8 heterocycles. The van der Waals surface area contributed by atoms with Crippen molar-refractivity contribution in [1.82, 2.24) is 63.5 Å². The summed E-state index contributed by atoms with van der Waals surface area (Å²) in [5.41, 5.74) is 4.75. The fourth-order valence-electron chi connectivity index (χ4n) is 18.0. The van der Waals surface area contributed by atoms with Gasteiger partial charge >= 0.3 is 154 Å². The first-order valence-corrected chi connectivity index (χ1v) is 46.0. The molecule has 7 aromatic rings. The molecule has 3 aromatic carbocycles. The number of halogens is 1. The van der Waals surface area contributed by atoms with Gasteiger partial charge in [0.15, 0.2) is 0 Å². The first-order chi connectivity index (χ1) is 56.9. The molecule has 4 aromatic heterocycles. The van der Waals surface area contributed by atoms with Crippen LogP contribution in [-0.4, -0.2) is 150 Å². The van der Waals surface area contributed by atoms with Crippen LogP contribution in [-0.2, 0) is 87.8 Å². The van der Waals surface area contributed by atoms with E-state index < -0.39 is 32.1 Å². The topological polar surface area (TPSA) is 283 Å². The Morgan fingerprint density at radius 2 is 0.883 bits per heavy atom. The predicted octanol–water partition coefficient (Wildman–Crippen LogP) is 17.9. The second-order valence-electron chi connectivity index (χ2n) is 35.3. The van der Waals surface area contributed by atoms with Crippen LogP contribution in [0.5, 0.6) is 0 Å². The standard InChI is InChI=1S/C40H59N6O4S.C21H28N3O3S.C12H22ClNO.C8H7O2S.C6H9NO.C5H6N2.14CH4.3K/c1-8-34(45-21-18-41-28-45)24-35(46-19-9-10-38(46)48)23-32(31-13-15-36(16-14-31)51(49)50)12-11-29(2)44-20-17-30(27-44)22-37(47)42-33-25-39(3,4)43(7)40(5,6)26-33;1-3-18(23-12-10-22-15-23)14-19(24-11-4-5-21(24)25)13-16(2)17-6-8-20(9-7-17)28(26)27;1-11(2)5-9(14-10(15)7-13)6-12(3,4)8-11;1-2-7-3-5-8(6-4-7)11(9)10;1-2-7-5-3-4-6(7)8;1-2-7-4-3-6-5-7;;;;;;;;;;;;;;;;;/h13-18,20-21,27-29,32-35H,8-12,19,22-26H2,1-7H3,(H,42,47);6-10,12,15-16,18-19H,3-5,11,13-14H2,1-2H3;9H,5-8H2,1-4H3,(H,14,15);2-6H,1H2;2H,1,3-5H2;2-5H,1H2;14*1H4;;;/q2*-1;;-1;;;;;;;;;;;;;;;;;3*+1. The van der Waals surface area contributed by atoms with E-state index in [1.807, 2.05) is 61.6 Å². The molecule has 7 atom stereocenters. The van der Waals surface area contributed by atoms with E-state index in [1.165, 1.54) is 6.42 Å². The number of amides is 5. The van der Waals surface area contributed by atoms with E-state index >= 15 is 0 Å². The summed E-state index contributed by atoms with van der Waals surface area (Å²) in [5.74, 6) is 1.11. The van der Waals surface area contributed by atoms with Gasteiger partial charge in [-0.2, -0.15) is 0 Å². The average Bonchev–Trinajstić information content (AvgIpc) is 1.78. The van der Waals surface area contributed by atoms with Crippen LogP contribution in [0.2, 0.25) is 0 Å². The fourth-order valence-corrected chi connectivity index (χ4v) is 19.1. The Morgan fingerprint density at radius 3 is 1.23 bits per heavy atom. The number of benzene rings is 3. The van der Waals surface area contributed by atoms with E-state index in [9.17, 15) is 49.2 Å². The van der Waals surface area contributed by atoms with Crippen LogP contribution in [0.15, 0.2) is 188 Å². The molecule has 4 saturated heterocycles. The number of carbonyl (C=O) groups excluding carboxylic acids is 5. The molecular formula is C106H187ClK3N13O11S3. The largest absolute Gasteiger partial charge is 1.00 e. The third-order valence-corrected chi connectivity index (χ3v) is 26.3. The summed E-state index contributed by atoms with van der Waals surface area (Å²) in [7, 11) is -4.44. The monoisotopic (exact) mass is 2070 g/mol. The summed E-state index contributed by atoms with van der Waals surface area (Å²) in [6.07, 6.45) is 42.9. The Balaban J connectivity index is -0.000000174. The summed E-state index contributed by atoms with van der Waals surface area (Å²) in [5, 5.41) is 6.34. The minimum Gasteiger partial charge on any atom is -0.420 e. The van der Waals surface area contributed by atoms with E-state index in [4.69, 9.17) is 11.6 Å². The number of nitrogens with one attached hydrogen (secondary N) is 2. The smallest absolute Gasteiger partial charge is 0.420 e. The molecule has 0 bridgehead atoms. The van der Waals surface area contributed by atoms with E-state index in [1.54, 1.807) is 101 Å². The molecule has 4 aliphatic heterocycles. The minimum absolute atomic E-state index is 0. The van der Waals surface area contributed by atoms with Crippen molar-refractivity contribution in [3.05, 3.63) is 196 Å². The van der Waals surface area contributed by atoms with E-state index in [0.717, 1.165) is 138 Å². The third kappa shape index (κ3) is 51.2. The van der Waals surface area contributed by atoms with Crippen molar-refractivity contribution in [3.63, 3.8) is 0 Å². The number of imidazole rings is 3. The van der Waals surface area contributed by atoms with Crippen molar-refractivity contribution in [2.24, 2.45) is 10.8 Å². The molecular weight excluding hydrogens is 1880 g/mol. The zero-order valence-electron chi connectivity index (χ0n) is 75.9. The number of hydrogen-bond donors (Lipinski definition) is 2. The van der Waals surface area contributed by atoms with Gasteiger partial charge < -0.3 is 68.9 Å². The number of carbonyl (C=O) groups is 5. The molecule has 5 fully saturated rings. The maximum Gasteiger partial charge on any atom is 1.00 e. The van der Waals surface area contributed by atoms with Crippen LogP contribution in [0.4, 0.5) is 0 Å². The summed E-state index contributed by atoms with van der Waals surface area (Å²) in [6, 6.07) is 24.2. The second kappa shape index (κ2) is 76.7. The molecule has 1 aliphatic carbocycles. The van der Waals surface area contributed by atoms with Crippen LogP contribution >= 0.6 is 11.6 Å². The summed E-state index contributed by atoms with van der Waals surface area (Å²) < 4.78 is 74.5. The van der Waals surface area contributed by atoms with Crippen molar-refractivity contribution in [1.29, 1.82) is 0 Å². The van der Waals surface area contributed by atoms with Gasteiger partial charge in [0, 0.05) is 148 Å². The van der Waals surface area contributed by atoms with Crippen LogP contribution in [0.25, 0.3) is 12.3 Å². The van der Waals surface area contributed by atoms with Crippen molar-refractivity contribution in [2.45, 2.75) is 395 Å². The van der Waals surface area contributed by atoms with Gasteiger partial charge in [-0.1, -0.05) is 266 Å². The Bertz CT molecular complexity index is 4600. The van der Waals surface area contributed by atoms with Crippen molar-refractivity contribution < 1.29 is 203 Å². The van der Waals surface area contributed by atoms with Crippen molar-refractivity contribution in [2.75, 3.05) is 32.6 Å². The Hall–Kier alpha value is -3.85. The predicted molar refractivity (Wildman–Crippen MR) is 570 cm³/mol. The fraction of sp³-hybridized carbons (Fsp3) is 0.604. The molecule has 1 saturated carbocycles. The first-order valence-electron chi connectivity index (χ1n) is 42.2. The quantitative estimate of drug-likeness (QED) is 0.0232. The van der Waals surface area contributed by atoms with E-state index in [0.29, 0.717) is 52.3 Å². The number of alkyl halides is 1. The molecule has 31 heteroatoms. The van der Waals surface area contributed by atoms with Gasteiger partial charge in [-0.15, -0.1) is 11.6 Å². The van der Waals surface area contributed by atoms with Gasteiger partial charge in [0.05, 0.1) is 25.4 Å². The number of likely N-dealkylation sites (tertiary alicyclic amines) is 4. The molecule has 12 rings (SSSR count). The average molecular weight is 2070 g/mol. The summed E-state index contributed by atoms with van der Waals surface area (Å²) in [4.78, 5) is 82.0. The van der Waals surface area contributed by atoms with Crippen molar-refractivity contribution >= 4 is 85.5 Å². The van der Waals surface area contributed by atoms with Crippen molar-refractivity contribution in [3.8, 4) is 0 Å². The molecule has 7 unspecified atom stereocenters. The molecule has 770 valence electrons. The zero-order chi connectivity index (χ0) is 88.1. The van der Waals surface area contributed by atoms with Gasteiger partial charge in [-0.25, -0.2) is 15.0 Å². The Kier molecular flexibility index (Phi) is 87.2. The van der Waals surface area contributed by atoms with Crippen LogP contribution in [0, 0.1) is 10.8 Å². The number of piperidine rings is 1. The number of rotatable bonds is 31. The maximum absolute atomic E-state index is 13.2. The third-order valence-electron chi connectivity index (χ3n) is 24.1. The SMILES string of the molecule is C.C.C.C.C.C.C.C.C.C.C.C.C.C.C=CN1CCCC1=O.C=Cc1ccc([S-](=O)=O)cc1.C=Cn1ccnc1.CC1(C)CC(NC(=O)CCl)CC(C)(C)C1.CCC(CC(CC(C)c1ccc([S-](=O)=O)cc1)N1CCCC1=O)n1ccnc1.CCC(CC(CC(CCC(C)n1ccc(CC(=O)NC2CC(C)(C)N(C)C(C)(C)C2)c1)c1ccc([S-](=O)=O)cc1)N1CCCC1=O)n1ccnc1.[K+].[K+].[K+]. The minimum atomic E-state index is -2.29. The van der Waals surface area contributed by atoms with Crippen LogP contribution in [0.3, 0.4) is 0 Å². The normalized spacial score (nSPS) is 16.3. The van der Waals surface area contributed by atoms with Gasteiger partial charge in [0.25, 0.3) is 0 Å². The zero-order valence-corrected chi connectivity index (χ0v) is 88.5. The van der Waals surface area contributed by atoms with Gasteiger partial charge in [-0.05, 0) is 234 Å². The van der Waals surface area contributed by atoms with Gasteiger partial charge in [0.2, 0.25) is 29.5 Å². The Labute approximate surface area is 973 Å². The van der Waals surface area contributed by atoms with Gasteiger partial charge in [-0.3, -0.25) is 28.9 Å². The Morgan fingerprint density at radius 1 is 0.482 bits per heavy atom. The first kappa shape index (κ1) is 156. The number of hydrogen-bond acceptors (Lipinski definition) is 18. The molecule has 0 radical (unpaired) electrons. The van der Waals surface area contributed by atoms with Crippen LogP contribution < -0.4 is 165 Å². The van der Waals surface area contributed by atoms with E-state index in [2.05, 4.69) is 176 Å². The van der Waals surface area contributed by atoms with Gasteiger partial charge in [0.1, 0.15) is 5.88 Å². The molecule has 0 spiro atoms. The number of nitrogens with zero attached hydrogens (tertiary/aromatic N) is 11. The van der Waals surface area contributed by atoms with E-state index in [-0.39, 0.29) is 358 Å². The van der Waals surface area contributed by atoms with Crippen LogP contribution in [0.1, 0.15) is 361 Å². The molecule has 2 N–H and O–H groups in total.